The van der Waals surface area contributed by atoms with E-state index in [-0.39, 0.29) is 17.7 Å². The lowest BCUT2D eigenvalue weighted by Gasteiger charge is -2.29. The Labute approximate surface area is 117 Å². The number of nitrogens with zero attached hydrogens (tertiary/aromatic N) is 2. The Kier molecular flexibility index (Phi) is 5.95. The molecule has 0 saturated heterocycles. The molecule has 19 heavy (non-hydrogen) atoms. The molecule has 1 aromatic carbocycles. The van der Waals surface area contributed by atoms with Gasteiger partial charge in [-0.25, -0.2) is 4.39 Å². The third-order valence-corrected chi connectivity index (χ3v) is 3.83. The molecule has 0 bridgehead atoms. The van der Waals surface area contributed by atoms with Gasteiger partial charge in [0.2, 0.25) is 0 Å². The van der Waals surface area contributed by atoms with E-state index in [9.17, 15) is 4.39 Å². The van der Waals surface area contributed by atoms with Gasteiger partial charge in [0.1, 0.15) is 5.82 Å². The minimum absolute atomic E-state index is 0.0933. The summed E-state index contributed by atoms with van der Waals surface area (Å²) in [7, 11) is 1.88. The summed E-state index contributed by atoms with van der Waals surface area (Å²) in [5, 5.41) is 11.4. The summed E-state index contributed by atoms with van der Waals surface area (Å²) in [4.78, 5) is 1.93. The van der Waals surface area contributed by atoms with Crippen LogP contribution in [0.5, 0.6) is 0 Å². The molecule has 1 rings (SSSR count). The second kappa shape index (κ2) is 7.23. The van der Waals surface area contributed by atoms with Crippen molar-refractivity contribution >= 4 is 23.3 Å². The van der Waals surface area contributed by atoms with Crippen molar-refractivity contribution in [2.45, 2.75) is 19.4 Å². The number of oxime groups is 1. The third-order valence-electron chi connectivity index (χ3n) is 3.11. The van der Waals surface area contributed by atoms with Crippen LogP contribution in [-0.2, 0) is 0 Å². The van der Waals surface area contributed by atoms with Crippen LogP contribution in [0.15, 0.2) is 23.4 Å². The average molecular weight is 285 g/mol. The molecule has 0 spiro atoms. The predicted octanol–water partition coefficient (Wildman–Crippen LogP) is 2.50. The van der Waals surface area contributed by atoms with Crippen molar-refractivity contribution in [2.24, 2.45) is 10.9 Å². The first-order valence-corrected chi connectivity index (χ1v) is 7.43. The summed E-state index contributed by atoms with van der Waals surface area (Å²) in [5.41, 5.74) is 6.33. The molecule has 1 unspecified atom stereocenters. The number of hydrogen-bond acceptors (Lipinski definition) is 4. The Morgan fingerprint density at radius 2 is 2.26 bits per heavy atom. The van der Waals surface area contributed by atoms with E-state index in [1.807, 2.05) is 18.2 Å². The first kappa shape index (κ1) is 15.6. The molecular weight excluding hydrogens is 265 g/mol. The van der Waals surface area contributed by atoms with Gasteiger partial charge in [0.25, 0.3) is 0 Å². The van der Waals surface area contributed by atoms with Gasteiger partial charge >= 0.3 is 0 Å². The van der Waals surface area contributed by atoms with Crippen LogP contribution in [0.1, 0.15) is 18.9 Å². The van der Waals surface area contributed by atoms with Gasteiger partial charge in [-0.2, -0.15) is 11.8 Å². The molecule has 0 heterocycles. The van der Waals surface area contributed by atoms with E-state index < -0.39 is 0 Å². The normalized spacial score (nSPS) is 13.4. The molecule has 1 aromatic rings. The fourth-order valence-electron chi connectivity index (χ4n) is 1.90. The van der Waals surface area contributed by atoms with Crippen molar-refractivity contribution in [1.29, 1.82) is 0 Å². The smallest absolute Gasteiger partial charge is 0.170 e. The van der Waals surface area contributed by atoms with Gasteiger partial charge < -0.3 is 15.8 Å². The molecule has 1 atom stereocenters. The van der Waals surface area contributed by atoms with Crippen molar-refractivity contribution < 1.29 is 9.60 Å². The van der Waals surface area contributed by atoms with E-state index >= 15 is 0 Å². The highest BCUT2D eigenvalue weighted by Gasteiger charge is 2.16. The highest BCUT2D eigenvalue weighted by Crippen LogP contribution is 2.23. The fraction of sp³-hybridized carbons (Fsp3) is 0.462. The summed E-state index contributed by atoms with van der Waals surface area (Å²) >= 11 is 1.74. The SMILES string of the molecule is CCC(CSC)N(C)c1ccc(/C(N)=N/O)cc1F. The van der Waals surface area contributed by atoms with Gasteiger partial charge in [0.15, 0.2) is 5.84 Å². The van der Waals surface area contributed by atoms with E-state index in [1.165, 1.54) is 6.07 Å². The Bertz CT molecular complexity index is 454. The number of nitrogens with two attached hydrogens (primary N) is 1. The standard InChI is InChI=1S/C13H20FN3OS/c1-4-10(8-19-3)17(2)12-6-5-9(7-11(12)14)13(15)16-18/h5-7,10,18H,4,8H2,1-3H3,(H2,15,16). The van der Waals surface area contributed by atoms with E-state index in [1.54, 1.807) is 23.9 Å². The lowest BCUT2D eigenvalue weighted by atomic mass is 10.1. The minimum Gasteiger partial charge on any atom is -0.409 e. The minimum atomic E-state index is -0.369. The lowest BCUT2D eigenvalue weighted by molar-refractivity contribution is 0.318. The molecule has 0 aliphatic carbocycles. The van der Waals surface area contributed by atoms with Crippen LogP contribution in [-0.4, -0.2) is 36.1 Å². The van der Waals surface area contributed by atoms with Gasteiger partial charge in [-0.05, 0) is 30.9 Å². The second-order valence-corrected chi connectivity index (χ2v) is 5.19. The molecule has 3 N–H and O–H groups in total. The summed E-state index contributed by atoms with van der Waals surface area (Å²) in [5.74, 6) is 0.476. The van der Waals surface area contributed by atoms with Gasteiger partial charge in [-0.3, -0.25) is 0 Å². The van der Waals surface area contributed by atoms with E-state index in [4.69, 9.17) is 10.9 Å². The highest BCUT2D eigenvalue weighted by atomic mass is 32.2. The Morgan fingerprint density at radius 3 is 2.74 bits per heavy atom. The lowest BCUT2D eigenvalue weighted by Crippen LogP contribution is -2.33. The molecule has 0 aliphatic heterocycles. The number of rotatable bonds is 6. The summed E-state index contributed by atoms with van der Waals surface area (Å²) < 4.78 is 14.1. The van der Waals surface area contributed by atoms with Crippen LogP contribution in [0.25, 0.3) is 0 Å². The summed E-state index contributed by atoms with van der Waals surface area (Å²) in [6.45, 7) is 2.08. The van der Waals surface area contributed by atoms with E-state index in [2.05, 4.69) is 12.1 Å². The van der Waals surface area contributed by atoms with Crippen LogP contribution in [0.2, 0.25) is 0 Å². The largest absolute Gasteiger partial charge is 0.409 e. The highest BCUT2D eigenvalue weighted by molar-refractivity contribution is 7.98. The predicted molar refractivity (Wildman–Crippen MR) is 79.8 cm³/mol. The maximum Gasteiger partial charge on any atom is 0.170 e. The summed E-state index contributed by atoms with van der Waals surface area (Å²) in [6.07, 6.45) is 2.98. The molecule has 106 valence electrons. The molecular formula is C13H20FN3OS. The maximum absolute atomic E-state index is 14.1. The zero-order valence-electron chi connectivity index (χ0n) is 11.4. The monoisotopic (exact) mass is 285 g/mol. The van der Waals surface area contributed by atoms with Gasteiger partial charge in [0.05, 0.1) is 5.69 Å². The number of halogens is 1. The van der Waals surface area contributed by atoms with Crippen LogP contribution in [0.3, 0.4) is 0 Å². The van der Waals surface area contributed by atoms with Crippen molar-refractivity contribution in [3.8, 4) is 0 Å². The van der Waals surface area contributed by atoms with Gasteiger partial charge in [0, 0.05) is 24.4 Å². The van der Waals surface area contributed by atoms with Gasteiger partial charge in [-0.1, -0.05) is 12.1 Å². The number of benzene rings is 1. The fourth-order valence-corrected chi connectivity index (χ4v) is 2.75. The number of amidine groups is 1. The number of anilines is 1. The van der Waals surface area contributed by atoms with Crippen molar-refractivity contribution in [3.05, 3.63) is 29.6 Å². The first-order valence-electron chi connectivity index (χ1n) is 6.04. The Hall–Kier alpha value is -1.43. The van der Waals surface area contributed by atoms with Gasteiger partial charge in [-0.15, -0.1) is 0 Å². The number of hydrogen-bond donors (Lipinski definition) is 2. The Balaban J connectivity index is 3.01. The maximum atomic E-state index is 14.1. The molecule has 0 fully saturated rings. The average Bonchev–Trinajstić information content (AvgIpc) is 2.43. The molecule has 4 nitrogen and oxygen atoms in total. The second-order valence-electron chi connectivity index (χ2n) is 4.28. The molecule has 0 aromatic heterocycles. The van der Waals surface area contributed by atoms with Crippen LogP contribution in [0.4, 0.5) is 10.1 Å². The molecule has 0 aliphatic rings. The first-order chi connectivity index (χ1) is 9.04. The van der Waals surface area contributed by atoms with Crippen LogP contribution >= 0.6 is 11.8 Å². The van der Waals surface area contributed by atoms with Crippen molar-refractivity contribution in [3.63, 3.8) is 0 Å². The number of thioether (sulfide) groups is 1. The van der Waals surface area contributed by atoms with E-state index in [0.29, 0.717) is 11.3 Å². The van der Waals surface area contributed by atoms with Crippen LogP contribution in [0, 0.1) is 5.82 Å². The van der Waals surface area contributed by atoms with Crippen molar-refractivity contribution in [1.82, 2.24) is 0 Å². The topological polar surface area (TPSA) is 61.8 Å². The molecule has 0 radical (unpaired) electrons. The molecule has 0 amide bonds. The third kappa shape index (κ3) is 3.76. The molecule has 0 saturated carbocycles. The summed E-state index contributed by atoms with van der Waals surface area (Å²) in [6, 6.07) is 4.87. The zero-order valence-corrected chi connectivity index (χ0v) is 12.2. The van der Waals surface area contributed by atoms with Crippen molar-refractivity contribution in [2.75, 3.05) is 24.0 Å². The van der Waals surface area contributed by atoms with E-state index in [0.717, 1.165) is 12.2 Å². The Morgan fingerprint density at radius 1 is 1.58 bits per heavy atom. The quantitative estimate of drug-likeness (QED) is 0.365. The molecule has 6 heteroatoms. The zero-order chi connectivity index (χ0) is 14.4. The van der Waals surface area contributed by atoms with Crippen LogP contribution < -0.4 is 10.6 Å².